The molecule has 11 heteroatoms. The maximum Gasteiger partial charge on any atom is 0.416 e. The summed E-state index contributed by atoms with van der Waals surface area (Å²) < 4.78 is 40.1. The number of urea groups is 1. The minimum absolute atomic E-state index is 0.0249. The Balaban J connectivity index is 1.30. The highest BCUT2D eigenvalue weighted by Gasteiger charge is 2.41. The molecule has 0 atom stereocenters. The minimum Gasteiger partial charge on any atom is -0.348 e. The van der Waals surface area contributed by atoms with Crippen LogP contribution < -0.4 is 10.6 Å². The number of likely N-dealkylation sites (tertiary alicyclic amines) is 1. The zero-order chi connectivity index (χ0) is 24.6. The van der Waals surface area contributed by atoms with Crippen LogP contribution in [0.25, 0.3) is 11.4 Å². The number of piperidine rings is 1. The van der Waals surface area contributed by atoms with Crippen LogP contribution in [0.15, 0.2) is 54.6 Å². The van der Waals surface area contributed by atoms with Crippen molar-refractivity contribution in [2.45, 2.75) is 37.5 Å². The van der Waals surface area contributed by atoms with Gasteiger partial charge in [0.1, 0.15) is 12.4 Å². The van der Waals surface area contributed by atoms with Gasteiger partial charge < -0.3 is 15.5 Å². The number of fused-ring (bicyclic) bond motifs is 1. The molecule has 2 aromatic carbocycles. The second-order valence-corrected chi connectivity index (χ2v) is 8.87. The molecule has 0 radical (unpaired) electrons. The number of benzene rings is 2. The van der Waals surface area contributed by atoms with Crippen LogP contribution >= 0.6 is 0 Å². The van der Waals surface area contributed by atoms with Gasteiger partial charge in [-0.25, -0.2) is 14.5 Å². The number of nitrogens with zero attached hydrogens (tertiary/aromatic N) is 4. The molecule has 0 aliphatic carbocycles. The lowest BCUT2D eigenvalue weighted by atomic mass is 9.84. The summed E-state index contributed by atoms with van der Waals surface area (Å²) in [7, 11) is 0. The second kappa shape index (κ2) is 8.71. The van der Waals surface area contributed by atoms with E-state index in [-0.39, 0.29) is 24.3 Å². The number of anilines is 1. The predicted molar refractivity (Wildman–Crippen MR) is 121 cm³/mol. The van der Waals surface area contributed by atoms with Gasteiger partial charge >= 0.3 is 12.2 Å². The highest BCUT2D eigenvalue weighted by atomic mass is 19.4. The lowest BCUT2D eigenvalue weighted by Crippen LogP contribution is -2.57. The van der Waals surface area contributed by atoms with E-state index in [9.17, 15) is 22.8 Å². The molecule has 182 valence electrons. The number of hydrogen-bond donors (Lipinski definition) is 2. The van der Waals surface area contributed by atoms with E-state index in [0.29, 0.717) is 49.4 Å². The summed E-state index contributed by atoms with van der Waals surface area (Å²) >= 11 is 0. The van der Waals surface area contributed by atoms with Crippen molar-refractivity contribution in [2.24, 2.45) is 0 Å². The summed E-state index contributed by atoms with van der Waals surface area (Å²) in [6.45, 7) is 0.890. The lowest BCUT2D eigenvalue weighted by molar-refractivity contribution is -0.137. The van der Waals surface area contributed by atoms with Gasteiger partial charge in [0.05, 0.1) is 11.1 Å². The summed E-state index contributed by atoms with van der Waals surface area (Å²) in [5.41, 5.74) is -0.160. The van der Waals surface area contributed by atoms with E-state index < -0.39 is 17.3 Å². The largest absolute Gasteiger partial charge is 0.416 e. The fourth-order valence-corrected chi connectivity index (χ4v) is 4.54. The molecule has 1 spiro atoms. The SMILES string of the molecule is O=C1Cn2nc(-c3ccc(C(F)(F)F)cc3)nc2CC2(CCN(C(=O)Nc3ccccc3)CC2)N1. The molecule has 5 rings (SSSR count). The molecule has 2 aliphatic rings. The number of para-hydroxylation sites is 1. The summed E-state index contributed by atoms with van der Waals surface area (Å²) in [5.74, 6) is 0.647. The smallest absolute Gasteiger partial charge is 0.348 e. The number of alkyl halides is 3. The Labute approximate surface area is 199 Å². The number of hydrogen-bond acceptors (Lipinski definition) is 4. The third kappa shape index (κ3) is 4.84. The van der Waals surface area contributed by atoms with Crippen LogP contribution in [0.3, 0.4) is 0 Å². The van der Waals surface area contributed by atoms with E-state index in [1.807, 2.05) is 30.3 Å². The van der Waals surface area contributed by atoms with Gasteiger partial charge in [0.15, 0.2) is 5.82 Å². The second-order valence-electron chi connectivity index (χ2n) is 8.87. The van der Waals surface area contributed by atoms with Crippen molar-refractivity contribution in [2.75, 3.05) is 18.4 Å². The van der Waals surface area contributed by atoms with Gasteiger partial charge in [0.25, 0.3) is 0 Å². The summed E-state index contributed by atoms with van der Waals surface area (Å²) in [4.78, 5) is 31.6. The van der Waals surface area contributed by atoms with Crippen LogP contribution in [-0.4, -0.2) is 50.2 Å². The van der Waals surface area contributed by atoms with Gasteiger partial charge in [-0.3, -0.25) is 4.79 Å². The van der Waals surface area contributed by atoms with Crippen LogP contribution in [-0.2, 0) is 23.9 Å². The predicted octanol–water partition coefficient (Wildman–Crippen LogP) is 3.70. The number of nitrogens with one attached hydrogen (secondary N) is 2. The number of carbonyl (C=O) groups excluding carboxylic acids is 2. The van der Waals surface area contributed by atoms with Crippen molar-refractivity contribution >= 4 is 17.6 Å². The van der Waals surface area contributed by atoms with Crippen molar-refractivity contribution in [3.63, 3.8) is 0 Å². The van der Waals surface area contributed by atoms with Gasteiger partial charge in [0.2, 0.25) is 5.91 Å². The normalized spacial score (nSPS) is 17.5. The first-order valence-corrected chi connectivity index (χ1v) is 11.2. The summed E-state index contributed by atoms with van der Waals surface area (Å²) in [6, 6.07) is 13.6. The van der Waals surface area contributed by atoms with Crippen molar-refractivity contribution in [3.05, 3.63) is 66.0 Å². The van der Waals surface area contributed by atoms with Crippen molar-refractivity contribution in [3.8, 4) is 11.4 Å². The van der Waals surface area contributed by atoms with Crippen molar-refractivity contribution < 1.29 is 22.8 Å². The summed E-state index contributed by atoms with van der Waals surface area (Å²) in [5, 5.41) is 10.4. The molecule has 1 saturated heterocycles. The van der Waals surface area contributed by atoms with Gasteiger partial charge in [-0.2, -0.15) is 18.3 Å². The third-order valence-electron chi connectivity index (χ3n) is 6.45. The number of rotatable bonds is 2. The van der Waals surface area contributed by atoms with Gasteiger partial charge in [-0.15, -0.1) is 0 Å². The van der Waals surface area contributed by atoms with Crippen molar-refractivity contribution in [1.82, 2.24) is 25.0 Å². The Hall–Kier alpha value is -3.89. The fraction of sp³-hybridized carbons (Fsp3) is 0.333. The van der Waals surface area contributed by atoms with Crippen LogP contribution in [0.2, 0.25) is 0 Å². The number of amides is 3. The Morgan fingerprint density at radius 1 is 1.03 bits per heavy atom. The fourth-order valence-electron chi connectivity index (χ4n) is 4.54. The van der Waals surface area contributed by atoms with Crippen LogP contribution in [0, 0.1) is 0 Å². The van der Waals surface area contributed by atoms with Crippen molar-refractivity contribution in [1.29, 1.82) is 0 Å². The Kier molecular flexibility index (Phi) is 5.70. The third-order valence-corrected chi connectivity index (χ3v) is 6.45. The van der Waals surface area contributed by atoms with E-state index in [1.54, 1.807) is 4.90 Å². The average Bonchev–Trinajstić information content (AvgIpc) is 3.15. The number of carbonyl (C=O) groups is 2. The maximum absolute atomic E-state index is 12.9. The van der Waals surface area contributed by atoms with E-state index in [1.165, 1.54) is 16.8 Å². The average molecular weight is 484 g/mol. The molecule has 2 aliphatic heterocycles. The molecule has 35 heavy (non-hydrogen) atoms. The minimum atomic E-state index is -4.42. The Bertz CT molecular complexity index is 1230. The molecule has 1 fully saturated rings. The molecule has 3 aromatic rings. The first-order valence-electron chi connectivity index (χ1n) is 11.2. The van der Waals surface area contributed by atoms with Crippen LogP contribution in [0.4, 0.5) is 23.7 Å². The summed E-state index contributed by atoms with van der Waals surface area (Å²) in [6.07, 6.45) is -2.91. The molecule has 8 nitrogen and oxygen atoms in total. The molecule has 1 aromatic heterocycles. The van der Waals surface area contributed by atoms with Gasteiger partial charge in [0, 0.05) is 30.8 Å². The molecule has 0 saturated carbocycles. The van der Waals surface area contributed by atoms with Crippen LogP contribution in [0.1, 0.15) is 24.2 Å². The van der Waals surface area contributed by atoms with E-state index in [0.717, 1.165) is 12.1 Å². The maximum atomic E-state index is 12.9. The highest BCUT2D eigenvalue weighted by Crippen LogP contribution is 2.32. The highest BCUT2D eigenvalue weighted by molar-refractivity contribution is 5.89. The van der Waals surface area contributed by atoms with E-state index >= 15 is 0 Å². The van der Waals surface area contributed by atoms with Gasteiger partial charge in [-0.05, 0) is 37.1 Å². The lowest BCUT2D eigenvalue weighted by Gasteiger charge is -2.41. The molecule has 2 N–H and O–H groups in total. The zero-order valence-corrected chi connectivity index (χ0v) is 18.7. The Morgan fingerprint density at radius 3 is 2.37 bits per heavy atom. The quantitative estimate of drug-likeness (QED) is 0.580. The molecule has 3 heterocycles. The molecular formula is C24H23F3N6O2. The van der Waals surface area contributed by atoms with E-state index in [4.69, 9.17) is 0 Å². The van der Waals surface area contributed by atoms with Crippen LogP contribution in [0.5, 0.6) is 0 Å². The molecule has 0 bridgehead atoms. The molecule has 3 amide bonds. The molecule has 0 unspecified atom stereocenters. The zero-order valence-electron chi connectivity index (χ0n) is 18.7. The number of halogens is 3. The first-order chi connectivity index (χ1) is 16.7. The molecular weight excluding hydrogens is 461 g/mol. The Morgan fingerprint density at radius 2 is 1.71 bits per heavy atom. The monoisotopic (exact) mass is 484 g/mol. The van der Waals surface area contributed by atoms with Gasteiger partial charge in [-0.1, -0.05) is 30.3 Å². The topological polar surface area (TPSA) is 92.2 Å². The standard InChI is InChI=1S/C24H23F3N6O2/c25-24(26,27)17-8-6-16(7-9-17)21-29-19-14-23(30-20(34)15-33(19)31-21)10-12-32(13-11-23)22(35)28-18-4-2-1-3-5-18/h1-9H,10-15H2,(H,28,35)(H,30,34). The number of aromatic nitrogens is 3. The van der Waals surface area contributed by atoms with E-state index in [2.05, 4.69) is 20.7 Å². The first kappa shape index (κ1) is 22.9.